The smallest absolute Gasteiger partial charge is 0.143 e. The molecule has 0 saturated heterocycles. The van der Waals surface area contributed by atoms with Gasteiger partial charge in [-0.3, -0.25) is 0 Å². The summed E-state index contributed by atoms with van der Waals surface area (Å²) in [5.74, 6) is 0. The molecule has 0 N–H and O–H groups in total. The minimum absolute atomic E-state index is 0.887. The van der Waals surface area contributed by atoms with Crippen molar-refractivity contribution in [2.75, 3.05) is 4.90 Å². The average molecular weight is 568 g/mol. The maximum absolute atomic E-state index is 6.62. The minimum Gasteiger partial charge on any atom is -0.455 e. The molecule has 3 heteroatoms. The van der Waals surface area contributed by atoms with E-state index in [9.17, 15) is 0 Å². The minimum atomic E-state index is 0.887. The molecule has 2 nitrogen and oxygen atoms in total. The Balaban J connectivity index is 1.34. The van der Waals surface area contributed by atoms with E-state index in [1.54, 1.807) is 0 Å². The number of furan rings is 1. The third-order valence-corrected chi connectivity index (χ3v) is 9.67. The van der Waals surface area contributed by atoms with Gasteiger partial charge in [-0.2, -0.15) is 0 Å². The molecule has 2 aromatic heterocycles. The summed E-state index contributed by atoms with van der Waals surface area (Å²) in [6.45, 7) is 0. The Kier molecular flexibility index (Phi) is 5.40. The zero-order valence-electron chi connectivity index (χ0n) is 23.2. The van der Waals surface area contributed by atoms with Crippen LogP contribution in [0.2, 0.25) is 0 Å². The van der Waals surface area contributed by atoms with E-state index in [1.807, 2.05) is 11.3 Å². The lowest BCUT2D eigenvalue weighted by molar-refractivity contribution is 0.672. The second-order valence-corrected chi connectivity index (χ2v) is 12.0. The highest BCUT2D eigenvalue weighted by Gasteiger charge is 2.22. The summed E-state index contributed by atoms with van der Waals surface area (Å²) < 4.78 is 9.18. The molecule has 0 fully saturated rings. The first kappa shape index (κ1) is 24.2. The number of hydrogen-bond acceptors (Lipinski definition) is 3. The Hall–Kier alpha value is -5.38. The van der Waals surface area contributed by atoms with Crippen molar-refractivity contribution in [3.63, 3.8) is 0 Å². The molecule has 0 spiro atoms. The molecule has 0 radical (unpaired) electrons. The van der Waals surface area contributed by atoms with E-state index in [-0.39, 0.29) is 0 Å². The summed E-state index contributed by atoms with van der Waals surface area (Å²) in [7, 11) is 0. The van der Waals surface area contributed by atoms with Crippen LogP contribution in [0.15, 0.2) is 156 Å². The zero-order valence-corrected chi connectivity index (χ0v) is 24.0. The fourth-order valence-electron chi connectivity index (χ4n) is 6.47. The molecule has 202 valence electrons. The summed E-state index contributed by atoms with van der Waals surface area (Å²) in [5, 5.41) is 7.13. The van der Waals surface area contributed by atoms with Crippen molar-refractivity contribution >= 4 is 81.3 Å². The predicted octanol–water partition coefficient (Wildman–Crippen LogP) is 12.2. The normalized spacial score (nSPS) is 11.7. The standard InChI is InChI=1S/C40H25NOS/c1-2-10-26(11-3-1)27-20-23-29(24-21-27)41(35-17-8-15-32-31-14-6-7-19-37(31)43-40(32)35)34-16-9-18-36-38(34)33-25-22-28-12-4-5-13-30(28)39(33)42-36/h1-25H. The van der Waals surface area contributed by atoms with E-state index in [0.29, 0.717) is 0 Å². The largest absolute Gasteiger partial charge is 0.455 e. The Morgan fingerprint density at radius 2 is 1.16 bits per heavy atom. The van der Waals surface area contributed by atoms with Gasteiger partial charge >= 0.3 is 0 Å². The molecule has 2 heterocycles. The van der Waals surface area contributed by atoms with Crippen molar-refractivity contribution in [1.82, 2.24) is 0 Å². The van der Waals surface area contributed by atoms with E-state index in [4.69, 9.17) is 4.42 Å². The van der Waals surface area contributed by atoms with E-state index in [0.717, 1.165) is 44.4 Å². The van der Waals surface area contributed by atoms with Crippen molar-refractivity contribution in [2.45, 2.75) is 0 Å². The molecule has 0 amide bonds. The highest BCUT2D eigenvalue weighted by molar-refractivity contribution is 7.26. The molecule has 9 rings (SSSR count). The quantitative estimate of drug-likeness (QED) is 0.210. The van der Waals surface area contributed by atoms with Crippen molar-refractivity contribution in [3.05, 3.63) is 152 Å². The number of anilines is 3. The van der Waals surface area contributed by atoms with Crippen molar-refractivity contribution in [2.24, 2.45) is 0 Å². The summed E-state index contributed by atoms with van der Waals surface area (Å²) in [6, 6.07) is 54.2. The molecular weight excluding hydrogens is 543 g/mol. The van der Waals surface area contributed by atoms with Gasteiger partial charge in [0.15, 0.2) is 0 Å². The van der Waals surface area contributed by atoms with Gasteiger partial charge in [0.25, 0.3) is 0 Å². The Morgan fingerprint density at radius 3 is 2.05 bits per heavy atom. The van der Waals surface area contributed by atoms with Gasteiger partial charge in [0.1, 0.15) is 11.2 Å². The lowest BCUT2D eigenvalue weighted by Crippen LogP contribution is -2.10. The van der Waals surface area contributed by atoms with Crippen molar-refractivity contribution in [1.29, 1.82) is 0 Å². The topological polar surface area (TPSA) is 16.4 Å². The molecule has 0 bridgehead atoms. The summed E-state index contributed by atoms with van der Waals surface area (Å²) >= 11 is 1.85. The summed E-state index contributed by atoms with van der Waals surface area (Å²) in [5.41, 5.74) is 7.59. The van der Waals surface area contributed by atoms with Gasteiger partial charge in [-0.25, -0.2) is 0 Å². The highest BCUT2D eigenvalue weighted by Crippen LogP contribution is 2.48. The fourth-order valence-corrected chi connectivity index (χ4v) is 7.68. The van der Waals surface area contributed by atoms with E-state index >= 15 is 0 Å². The van der Waals surface area contributed by atoms with Crippen LogP contribution in [-0.4, -0.2) is 0 Å². The molecule has 0 aliphatic heterocycles. The third-order valence-electron chi connectivity index (χ3n) is 8.46. The maximum atomic E-state index is 6.62. The van der Waals surface area contributed by atoms with Crippen LogP contribution in [0.5, 0.6) is 0 Å². The van der Waals surface area contributed by atoms with E-state index < -0.39 is 0 Å². The molecule has 0 saturated carbocycles. The number of rotatable bonds is 4. The van der Waals surface area contributed by atoms with Gasteiger partial charge in [0.05, 0.1) is 21.5 Å². The third kappa shape index (κ3) is 3.79. The Labute approximate surface area is 252 Å². The van der Waals surface area contributed by atoms with Crippen molar-refractivity contribution < 1.29 is 4.42 Å². The maximum Gasteiger partial charge on any atom is 0.143 e. The molecule has 0 aliphatic rings. The van der Waals surface area contributed by atoms with Gasteiger partial charge in [0, 0.05) is 31.9 Å². The number of thiophene rings is 1. The average Bonchev–Trinajstić information content (AvgIpc) is 3.65. The molecule has 7 aromatic carbocycles. The van der Waals surface area contributed by atoms with Crippen LogP contribution in [0.3, 0.4) is 0 Å². The first-order valence-electron chi connectivity index (χ1n) is 14.5. The molecule has 9 aromatic rings. The number of nitrogens with zero attached hydrogens (tertiary/aromatic N) is 1. The highest BCUT2D eigenvalue weighted by atomic mass is 32.1. The first-order chi connectivity index (χ1) is 21.3. The van der Waals surface area contributed by atoms with Crippen LogP contribution in [0.4, 0.5) is 17.1 Å². The van der Waals surface area contributed by atoms with Crippen LogP contribution in [-0.2, 0) is 0 Å². The van der Waals surface area contributed by atoms with Gasteiger partial charge in [-0.05, 0) is 59.0 Å². The Morgan fingerprint density at radius 1 is 0.465 bits per heavy atom. The number of fused-ring (bicyclic) bond motifs is 8. The lowest BCUT2D eigenvalue weighted by atomic mass is 10.0. The van der Waals surface area contributed by atoms with Gasteiger partial charge < -0.3 is 9.32 Å². The Bertz CT molecular complexity index is 2450. The first-order valence-corrected chi connectivity index (χ1v) is 15.3. The van der Waals surface area contributed by atoms with Gasteiger partial charge in [-0.1, -0.05) is 109 Å². The van der Waals surface area contributed by atoms with Crippen LogP contribution in [0.1, 0.15) is 0 Å². The van der Waals surface area contributed by atoms with E-state index in [2.05, 4.69) is 157 Å². The van der Waals surface area contributed by atoms with Crippen LogP contribution in [0.25, 0.3) is 64.0 Å². The zero-order chi connectivity index (χ0) is 28.3. The number of hydrogen-bond donors (Lipinski definition) is 0. The molecule has 43 heavy (non-hydrogen) atoms. The molecule has 0 aliphatic carbocycles. The monoisotopic (exact) mass is 567 g/mol. The van der Waals surface area contributed by atoms with Gasteiger partial charge in [-0.15, -0.1) is 11.3 Å². The van der Waals surface area contributed by atoms with Crippen molar-refractivity contribution in [3.8, 4) is 11.1 Å². The fraction of sp³-hybridized carbons (Fsp3) is 0. The van der Waals surface area contributed by atoms with Crippen LogP contribution < -0.4 is 4.90 Å². The van der Waals surface area contributed by atoms with Crippen LogP contribution >= 0.6 is 11.3 Å². The molecule has 0 atom stereocenters. The van der Waals surface area contributed by atoms with Crippen LogP contribution in [0, 0.1) is 0 Å². The van der Waals surface area contributed by atoms with E-state index in [1.165, 1.54) is 36.7 Å². The molecular formula is C40H25NOS. The lowest BCUT2D eigenvalue weighted by Gasteiger charge is -2.27. The summed E-state index contributed by atoms with van der Waals surface area (Å²) in [6.07, 6.45) is 0. The SMILES string of the molecule is c1ccc(-c2ccc(N(c3cccc4c3sc3ccccc34)c3cccc4oc5c6ccccc6ccc5c34)cc2)cc1. The predicted molar refractivity (Wildman–Crippen MR) is 184 cm³/mol. The van der Waals surface area contributed by atoms with Gasteiger partial charge in [0.2, 0.25) is 0 Å². The number of benzene rings is 7. The summed E-state index contributed by atoms with van der Waals surface area (Å²) in [4.78, 5) is 2.42. The second-order valence-electron chi connectivity index (χ2n) is 10.9. The molecule has 0 unspecified atom stereocenters. The second kappa shape index (κ2) is 9.59.